The molecule has 0 N–H and O–H groups in total. The molecule has 1 heterocycles. The largest absolute Gasteiger partial charge is 0.496 e. The Hall–Kier alpha value is -1.03. The van der Waals surface area contributed by atoms with Crippen LogP contribution >= 0.6 is 15.9 Å². The number of halogens is 1. The Bertz CT molecular complexity index is 400. The zero-order chi connectivity index (χ0) is 11.5. The van der Waals surface area contributed by atoms with Crippen LogP contribution in [0.15, 0.2) is 22.7 Å². The SMILES string of the molecule is COc1cccc(Br)c1C(=O)N1CCCC1. The number of nitrogens with zero attached hydrogens (tertiary/aromatic N) is 1. The minimum absolute atomic E-state index is 0.0572. The van der Waals surface area contributed by atoms with Gasteiger partial charge < -0.3 is 9.64 Å². The number of carbonyl (C=O) groups excluding carboxylic acids is 1. The van der Waals surface area contributed by atoms with Crippen LogP contribution < -0.4 is 4.74 Å². The molecule has 0 unspecified atom stereocenters. The number of carbonyl (C=O) groups is 1. The van der Waals surface area contributed by atoms with Crippen molar-refractivity contribution < 1.29 is 9.53 Å². The summed E-state index contributed by atoms with van der Waals surface area (Å²) < 4.78 is 6.02. The molecule has 0 bridgehead atoms. The van der Waals surface area contributed by atoms with E-state index in [2.05, 4.69) is 15.9 Å². The van der Waals surface area contributed by atoms with E-state index in [0.29, 0.717) is 11.3 Å². The third kappa shape index (κ3) is 2.07. The Morgan fingerprint density at radius 2 is 2.06 bits per heavy atom. The van der Waals surface area contributed by atoms with Gasteiger partial charge in [0.05, 0.1) is 12.7 Å². The first-order chi connectivity index (χ1) is 7.74. The topological polar surface area (TPSA) is 29.5 Å². The molecule has 1 saturated heterocycles. The molecule has 0 saturated carbocycles. The molecule has 1 aliphatic rings. The zero-order valence-corrected chi connectivity index (χ0v) is 10.8. The van der Waals surface area contributed by atoms with Crippen molar-refractivity contribution in [3.8, 4) is 5.75 Å². The molecule has 0 radical (unpaired) electrons. The minimum atomic E-state index is 0.0572. The number of benzene rings is 1. The van der Waals surface area contributed by atoms with Crippen molar-refractivity contribution >= 4 is 21.8 Å². The highest BCUT2D eigenvalue weighted by Gasteiger charge is 2.24. The van der Waals surface area contributed by atoms with Crippen molar-refractivity contribution in [2.45, 2.75) is 12.8 Å². The van der Waals surface area contributed by atoms with Gasteiger partial charge >= 0.3 is 0 Å². The summed E-state index contributed by atoms with van der Waals surface area (Å²) in [6.45, 7) is 1.70. The third-order valence-electron chi connectivity index (χ3n) is 2.80. The first kappa shape index (κ1) is 11.5. The van der Waals surface area contributed by atoms with Crippen LogP contribution in [0.1, 0.15) is 23.2 Å². The Kier molecular flexibility index (Phi) is 3.49. The van der Waals surface area contributed by atoms with Gasteiger partial charge in [-0.3, -0.25) is 4.79 Å². The van der Waals surface area contributed by atoms with Crippen molar-refractivity contribution in [3.63, 3.8) is 0 Å². The first-order valence-corrected chi connectivity index (χ1v) is 6.15. The maximum Gasteiger partial charge on any atom is 0.258 e. The fraction of sp³-hybridized carbons (Fsp3) is 0.417. The monoisotopic (exact) mass is 283 g/mol. The predicted molar refractivity (Wildman–Crippen MR) is 65.8 cm³/mol. The van der Waals surface area contributed by atoms with Crippen LogP contribution in [0.5, 0.6) is 5.75 Å². The van der Waals surface area contributed by atoms with Crippen molar-refractivity contribution in [2.75, 3.05) is 20.2 Å². The number of methoxy groups -OCH3 is 1. The molecular formula is C12H14BrNO2. The van der Waals surface area contributed by atoms with Gasteiger partial charge in [0, 0.05) is 17.6 Å². The van der Waals surface area contributed by atoms with Gasteiger partial charge in [-0.05, 0) is 40.9 Å². The normalized spacial score (nSPS) is 15.2. The molecule has 1 amide bonds. The summed E-state index contributed by atoms with van der Waals surface area (Å²) in [6.07, 6.45) is 2.19. The van der Waals surface area contributed by atoms with E-state index in [9.17, 15) is 4.79 Å². The number of amides is 1. The van der Waals surface area contributed by atoms with Gasteiger partial charge in [-0.25, -0.2) is 0 Å². The van der Waals surface area contributed by atoms with E-state index in [0.717, 1.165) is 30.4 Å². The van der Waals surface area contributed by atoms with E-state index in [1.165, 1.54) is 0 Å². The molecular weight excluding hydrogens is 270 g/mol. The molecule has 0 atom stereocenters. The summed E-state index contributed by atoms with van der Waals surface area (Å²) in [7, 11) is 1.59. The molecule has 3 nitrogen and oxygen atoms in total. The van der Waals surface area contributed by atoms with Gasteiger partial charge in [0.25, 0.3) is 5.91 Å². The lowest BCUT2D eigenvalue weighted by Gasteiger charge is -2.18. The maximum atomic E-state index is 12.3. The van der Waals surface area contributed by atoms with E-state index >= 15 is 0 Å². The Morgan fingerprint density at radius 3 is 2.69 bits per heavy atom. The van der Waals surface area contributed by atoms with Crippen molar-refractivity contribution in [1.29, 1.82) is 0 Å². The molecule has 86 valence electrons. The zero-order valence-electron chi connectivity index (χ0n) is 9.20. The Labute approximate surface area is 104 Å². The van der Waals surface area contributed by atoms with Gasteiger partial charge in [-0.15, -0.1) is 0 Å². The molecule has 1 aromatic carbocycles. The van der Waals surface area contributed by atoms with Crippen LogP contribution in [0.4, 0.5) is 0 Å². The molecule has 16 heavy (non-hydrogen) atoms. The summed E-state index contributed by atoms with van der Waals surface area (Å²) in [6, 6.07) is 5.55. The van der Waals surface area contributed by atoms with Gasteiger partial charge in [-0.1, -0.05) is 6.07 Å². The lowest BCUT2D eigenvalue weighted by atomic mass is 10.2. The number of hydrogen-bond acceptors (Lipinski definition) is 2. The summed E-state index contributed by atoms with van der Waals surface area (Å²) in [4.78, 5) is 14.1. The van der Waals surface area contributed by atoms with Gasteiger partial charge in [0.2, 0.25) is 0 Å². The third-order valence-corrected chi connectivity index (χ3v) is 3.46. The lowest BCUT2D eigenvalue weighted by molar-refractivity contribution is 0.0788. The van der Waals surface area contributed by atoms with Crippen LogP contribution in [0.25, 0.3) is 0 Å². The van der Waals surface area contributed by atoms with Crippen LogP contribution in [-0.2, 0) is 0 Å². The second-order valence-corrected chi connectivity index (χ2v) is 4.67. The molecule has 2 rings (SSSR count). The summed E-state index contributed by atoms with van der Waals surface area (Å²) >= 11 is 3.41. The van der Waals surface area contributed by atoms with Gasteiger partial charge in [0.1, 0.15) is 5.75 Å². The van der Waals surface area contributed by atoms with E-state index in [4.69, 9.17) is 4.74 Å². The molecule has 0 spiro atoms. The number of rotatable bonds is 2. The standard InChI is InChI=1S/C12H14BrNO2/c1-16-10-6-4-5-9(13)11(10)12(15)14-7-2-3-8-14/h4-6H,2-3,7-8H2,1H3. The van der Waals surface area contributed by atoms with Gasteiger partial charge in [-0.2, -0.15) is 0 Å². The molecule has 1 aromatic rings. The summed E-state index contributed by atoms with van der Waals surface area (Å²) in [5.41, 5.74) is 0.631. The Balaban J connectivity index is 2.34. The van der Waals surface area contributed by atoms with E-state index in [1.807, 2.05) is 23.1 Å². The molecule has 1 fully saturated rings. The molecule has 0 aromatic heterocycles. The minimum Gasteiger partial charge on any atom is -0.496 e. The molecule has 1 aliphatic heterocycles. The highest BCUT2D eigenvalue weighted by atomic mass is 79.9. The lowest BCUT2D eigenvalue weighted by Crippen LogP contribution is -2.28. The van der Waals surface area contributed by atoms with Crippen molar-refractivity contribution in [3.05, 3.63) is 28.2 Å². The summed E-state index contributed by atoms with van der Waals surface area (Å²) in [5, 5.41) is 0. The van der Waals surface area contributed by atoms with Crippen LogP contribution in [0, 0.1) is 0 Å². The number of likely N-dealkylation sites (tertiary alicyclic amines) is 1. The summed E-state index contributed by atoms with van der Waals surface area (Å²) in [5.74, 6) is 0.688. The Morgan fingerprint density at radius 1 is 1.38 bits per heavy atom. The number of ether oxygens (including phenoxy) is 1. The van der Waals surface area contributed by atoms with Gasteiger partial charge in [0.15, 0.2) is 0 Å². The smallest absolute Gasteiger partial charge is 0.258 e. The van der Waals surface area contributed by atoms with E-state index in [-0.39, 0.29) is 5.91 Å². The van der Waals surface area contributed by atoms with Crippen molar-refractivity contribution in [1.82, 2.24) is 4.90 Å². The van der Waals surface area contributed by atoms with Crippen LogP contribution in [-0.4, -0.2) is 31.0 Å². The fourth-order valence-corrected chi connectivity index (χ4v) is 2.48. The fourth-order valence-electron chi connectivity index (χ4n) is 1.96. The average Bonchev–Trinajstić information content (AvgIpc) is 2.81. The highest BCUT2D eigenvalue weighted by Crippen LogP contribution is 2.28. The predicted octanol–water partition coefficient (Wildman–Crippen LogP) is 2.69. The quantitative estimate of drug-likeness (QED) is 0.835. The molecule has 0 aliphatic carbocycles. The van der Waals surface area contributed by atoms with Crippen LogP contribution in [0.3, 0.4) is 0 Å². The van der Waals surface area contributed by atoms with Crippen molar-refractivity contribution in [2.24, 2.45) is 0 Å². The average molecular weight is 284 g/mol. The van der Waals surface area contributed by atoms with E-state index in [1.54, 1.807) is 7.11 Å². The second kappa shape index (κ2) is 4.87. The highest BCUT2D eigenvalue weighted by molar-refractivity contribution is 9.10. The molecule has 4 heteroatoms. The maximum absolute atomic E-state index is 12.3. The first-order valence-electron chi connectivity index (χ1n) is 5.36. The van der Waals surface area contributed by atoms with E-state index < -0.39 is 0 Å². The van der Waals surface area contributed by atoms with Crippen LogP contribution in [0.2, 0.25) is 0 Å². The second-order valence-electron chi connectivity index (χ2n) is 3.82. The number of hydrogen-bond donors (Lipinski definition) is 0.